The Bertz CT molecular complexity index is 1010. The summed E-state index contributed by atoms with van der Waals surface area (Å²) in [6.07, 6.45) is 2.11. The number of ether oxygens (including phenoxy) is 1. The Morgan fingerprint density at radius 2 is 2.07 bits per heavy atom. The van der Waals surface area contributed by atoms with Crippen LogP contribution in [0.15, 0.2) is 17.1 Å². The highest BCUT2D eigenvalue weighted by Crippen LogP contribution is 2.43. The molecule has 9 heteroatoms. The molecule has 0 saturated heterocycles. The number of halogens is 1. The van der Waals surface area contributed by atoms with Gasteiger partial charge in [0, 0.05) is 25.8 Å². The monoisotopic (exact) mass is 422 g/mol. The van der Waals surface area contributed by atoms with Crippen LogP contribution >= 0.6 is 0 Å². The third-order valence-corrected chi connectivity index (χ3v) is 5.50. The summed E-state index contributed by atoms with van der Waals surface area (Å²) in [5.74, 6) is -1.88. The smallest absolute Gasteiger partial charge is 0.341 e. The normalized spacial score (nSPS) is 15.8. The summed E-state index contributed by atoms with van der Waals surface area (Å²) in [4.78, 5) is 25.8. The maximum Gasteiger partial charge on any atom is 0.341 e. The van der Waals surface area contributed by atoms with E-state index in [1.165, 1.54) is 20.2 Å². The number of aromatic nitrogens is 1. The molecule has 0 aliphatic heterocycles. The number of carboxylic acids is 1. The average molecular weight is 422 g/mol. The molecule has 2 unspecified atom stereocenters. The molecule has 2 atom stereocenters. The first-order chi connectivity index (χ1) is 14.2. The maximum absolute atomic E-state index is 15.1. The maximum atomic E-state index is 15.1. The Kier molecular flexibility index (Phi) is 6.33. The quantitative estimate of drug-likeness (QED) is 0.568. The Hall–Kier alpha value is -2.65. The van der Waals surface area contributed by atoms with E-state index < -0.39 is 35.0 Å². The van der Waals surface area contributed by atoms with Crippen LogP contribution in [0, 0.1) is 5.82 Å². The molecule has 1 aliphatic rings. The number of aliphatic hydroxyl groups excluding tert-OH is 2. The van der Waals surface area contributed by atoms with Crippen LogP contribution in [-0.2, 0) is 0 Å². The van der Waals surface area contributed by atoms with Crippen molar-refractivity contribution in [3.8, 4) is 5.75 Å². The Morgan fingerprint density at radius 3 is 2.60 bits per heavy atom. The highest BCUT2D eigenvalue weighted by atomic mass is 19.1. The molecule has 164 valence electrons. The number of fused-ring (bicyclic) bond motifs is 1. The molecule has 2 aromatic rings. The zero-order chi connectivity index (χ0) is 22.2. The second kappa shape index (κ2) is 8.61. The fraction of sp³-hybridized carbons (Fsp3) is 0.524. The summed E-state index contributed by atoms with van der Waals surface area (Å²) in [7, 11) is 3.06. The molecule has 1 aromatic carbocycles. The van der Waals surface area contributed by atoms with E-state index in [1.54, 1.807) is 16.5 Å². The van der Waals surface area contributed by atoms with Crippen molar-refractivity contribution in [3.63, 3.8) is 0 Å². The van der Waals surface area contributed by atoms with E-state index in [0.717, 1.165) is 18.9 Å². The van der Waals surface area contributed by atoms with Crippen LogP contribution in [0.2, 0.25) is 0 Å². The van der Waals surface area contributed by atoms with Crippen molar-refractivity contribution in [1.29, 1.82) is 0 Å². The molecule has 1 saturated carbocycles. The van der Waals surface area contributed by atoms with Crippen molar-refractivity contribution in [2.24, 2.45) is 0 Å². The van der Waals surface area contributed by atoms with Crippen LogP contribution in [0.3, 0.4) is 0 Å². The van der Waals surface area contributed by atoms with Crippen LogP contribution in [0.5, 0.6) is 5.75 Å². The summed E-state index contributed by atoms with van der Waals surface area (Å²) < 4.78 is 22.3. The third kappa shape index (κ3) is 4.13. The molecule has 1 aliphatic carbocycles. The number of rotatable bonds is 9. The highest BCUT2D eigenvalue weighted by molar-refractivity contribution is 5.97. The number of hydrogen-bond donors (Lipinski definition) is 3. The van der Waals surface area contributed by atoms with Crippen molar-refractivity contribution in [1.82, 2.24) is 4.57 Å². The number of nitrogens with zero attached hydrogens (tertiary/aromatic N) is 2. The largest absolute Gasteiger partial charge is 0.492 e. The van der Waals surface area contributed by atoms with E-state index in [0.29, 0.717) is 24.9 Å². The number of pyridine rings is 1. The molecule has 3 rings (SSSR count). The zero-order valence-corrected chi connectivity index (χ0v) is 17.3. The lowest BCUT2D eigenvalue weighted by Gasteiger charge is -2.25. The molecule has 3 N–H and O–H groups in total. The van der Waals surface area contributed by atoms with Gasteiger partial charge in [-0.25, -0.2) is 9.18 Å². The van der Waals surface area contributed by atoms with Crippen molar-refractivity contribution in [2.75, 3.05) is 25.6 Å². The number of benzene rings is 1. The van der Waals surface area contributed by atoms with Gasteiger partial charge >= 0.3 is 5.97 Å². The van der Waals surface area contributed by atoms with E-state index >= 15 is 4.39 Å². The summed E-state index contributed by atoms with van der Waals surface area (Å²) >= 11 is 0. The average Bonchev–Trinajstić information content (AvgIpc) is 3.52. The van der Waals surface area contributed by atoms with Gasteiger partial charge in [0.15, 0.2) is 11.6 Å². The fourth-order valence-corrected chi connectivity index (χ4v) is 3.68. The number of carboxylic acid groups (broad SMARTS) is 1. The third-order valence-electron chi connectivity index (χ3n) is 5.50. The van der Waals surface area contributed by atoms with Crippen molar-refractivity contribution >= 4 is 22.6 Å². The summed E-state index contributed by atoms with van der Waals surface area (Å²) in [6.45, 7) is 1.88. The number of hydrogen-bond acceptors (Lipinski definition) is 6. The van der Waals surface area contributed by atoms with E-state index in [1.807, 2.05) is 0 Å². The number of aromatic carboxylic acids is 1. The van der Waals surface area contributed by atoms with Crippen molar-refractivity contribution in [2.45, 2.75) is 50.9 Å². The minimum Gasteiger partial charge on any atom is -0.492 e. The van der Waals surface area contributed by atoms with Gasteiger partial charge in [-0.3, -0.25) is 4.79 Å². The topological polar surface area (TPSA) is 112 Å². The molecular formula is C21H27FN2O6. The van der Waals surface area contributed by atoms with Gasteiger partial charge in [0.25, 0.3) is 0 Å². The van der Waals surface area contributed by atoms with Crippen LogP contribution in [-0.4, -0.2) is 58.8 Å². The van der Waals surface area contributed by atoms with E-state index in [2.05, 4.69) is 0 Å². The molecule has 1 aromatic heterocycles. The lowest BCUT2D eigenvalue weighted by atomic mass is 10.1. The van der Waals surface area contributed by atoms with Gasteiger partial charge in [0.2, 0.25) is 5.43 Å². The number of carbonyl (C=O) groups is 1. The first kappa shape index (κ1) is 22.0. The first-order valence-corrected chi connectivity index (χ1v) is 9.93. The second-order valence-electron chi connectivity index (χ2n) is 7.82. The molecule has 0 amide bonds. The van der Waals surface area contributed by atoms with Gasteiger partial charge in [0.1, 0.15) is 11.3 Å². The summed E-state index contributed by atoms with van der Waals surface area (Å²) in [5, 5.41) is 28.5. The minimum atomic E-state index is -1.35. The number of methoxy groups -OCH3 is 1. The fourth-order valence-electron chi connectivity index (χ4n) is 3.68. The molecule has 0 bridgehead atoms. The first-order valence-electron chi connectivity index (χ1n) is 9.93. The standard InChI is InChI=1S/C21H27FN2O6/c1-11(25)16(26)5-4-8-23(2)18-15(22)9-13-17(20(18)30-3)24(12-6-7-12)10-14(19(13)27)21(28)29/h9-12,16,25-26H,4-8H2,1-3H3,(H,28,29). The Labute approximate surface area is 173 Å². The summed E-state index contributed by atoms with van der Waals surface area (Å²) in [6, 6.07) is 1.10. The van der Waals surface area contributed by atoms with E-state index in [-0.39, 0.29) is 22.9 Å². The van der Waals surface area contributed by atoms with Gasteiger partial charge in [-0.05, 0) is 38.7 Å². The second-order valence-corrected chi connectivity index (χ2v) is 7.82. The van der Waals surface area contributed by atoms with Crippen LogP contribution in [0.1, 0.15) is 49.0 Å². The molecule has 30 heavy (non-hydrogen) atoms. The predicted molar refractivity (Wildman–Crippen MR) is 110 cm³/mol. The molecular weight excluding hydrogens is 395 g/mol. The molecule has 0 radical (unpaired) electrons. The highest BCUT2D eigenvalue weighted by Gasteiger charge is 2.30. The van der Waals surface area contributed by atoms with Gasteiger partial charge in [0.05, 0.1) is 30.2 Å². The van der Waals surface area contributed by atoms with Crippen LogP contribution in [0.4, 0.5) is 10.1 Å². The van der Waals surface area contributed by atoms with Crippen LogP contribution < -0.4 is 15.1 Å². The summed E-state index contributed by atoms with van der Waals surface area (Å²) in [5.41, 5.74) is -0.611. The number of aliphatic hydroxyl groups is 2. The van der Waals surface area contributed by atoms with E-state index in [9.17, 15) is 24.9 Å². The van der Waals surface area contributed by atoms with Crippen molar-refractivity contribution < 1.29 is 29.2 Å². The Morgan fingerprint density at radius 1 is 1.40 bits per heavy atom. The lowest BCUT2D eigenvalue weighted by molar-refractivity contribution is 0.0254. The minimum absolute atomic E-state index is 0.0298. The Balaban J connectivity index is 2.09. The lowest BCUT2D eigenvalue weighted by Crippen LogP contribution is -2.26. The molecule has 1 fully saturated rings. The number of anilines is 1. The van der Waals surface area contributed by atoms with Gasteiger partial charge in [-0.2, -0.15) is 0 Å². The van der Waals surface area contributed by atoms with Gasteiger partial charge in [-0.1, -0.05) is 0 Å². The van der Waals surface area contributed by atoms with Crippen molar-refractivity contribution in [3.05, 3.63) is 33.9 Å². The van der Waals surface area contributed by atoms with Gasteiger partial charge < -0.3 is 29.5 Å². The molecule has 1 heterocycles. The SMILES string of the molecule is COc1c(N(C)CCCC(O)C(C)O)c(F)cc2c(=O)c(C(=O)O)cn(C3CC3)c12. The molecule has 8 nitrogen and oxygen atoms in total. The predicted octanol–water partition coefficient (Wildman–Crippen LogP) is 2.14. The van der Waals surface area contributed by atoms with E-state index in [4.69, 9.17) is 4.74 Å². The zero-order valence-electron chi connectivity index (χ0n) is 17.3. The van der Waals surface area contributed by atoms with Crippen LogP contribution in [0.25, 0.3) is 10.9 Å². The van der Waals surface area contributed by atoms with Gasteiger partial charge in [-0.15, -0.1) is 0 Å². The molecule has 0 spiro atoms.